The van der Waals surface area contributed by atoms with Crippen molar-refractivity contribution in [3.05, 3.63) is 64.7 Å². The number of imide groups is 1. The summed E-state index contributed by atoms with van der Waals surface area (Å²) in [4.78, 5) is 53.5. The molecular weight excluding hydrogens is 488 g/mol. The lowest BCUT2D eigenvalue weighted by Gasteiger charge is -2.43. The van der Waals surface area contributed by atoms with Crippen molar-refractivity contribution in [3.8, 4) is 5.75 Å². The molecule has 2 aromatic rings. The number of rotatable bonds is 6. The number of piperazine rings is 1. The largest absolute Gasteiger partial charge is 0.489 e. The van der Waals surface area contributed by atoms with Crippen molar-refractivity contribution in [3.63, 3.8) is 0 Å². The maximum Gasteiger partial charge on any atom is 0.407 e. The first-order valence-electron chi connectivity index (χ1n) is 12.9. The Balaban J connectivity index is 1.21. The summed E-state index contributed by atoms with van der Waals surface area (Å²) >= 11 is 0. The Hall–Kier alpha value is -3.92. The zero-order valence-corrected chi connectivity index (χ0v) is 21.6. The zero-order chi connectivity index (χ0) is 27.0. The van der Waals surface area contributed by atoms with Crippen LogP contribution in [0, 0.1) is 0 Å². The molecule has 10 heteroatoms. The average Bonchev–Trinajstić information content (AvgIpc) is 3.22. The summed E-state index contributed by atoms with van der Waals surface area (Å²) < 4.78 is 6.12. The third-order valence-electron chi connectivity index (χ3n) is 7.69. The highest BCUT2D eigenvalue weighted by atomic mass is 16.5. The van der Waals surface area contributed by atoms with Crippen LogP contribution in [-0.4, -0.2) is 74.8 Å². The molecule has 0 bridgehead atoms. The fourth-order valence-corrected chi connectivity index (χ4v) is 5.63. The lowest BCUT2D eigenvalue weighted by Crippen LogP contribution is -2.57. The van der Waals surface area contributed by atoms with Crippen LogP contribution in [0.2, 0.25) is 0 Å². The summed E-state index contributed by atoms with van der Waals surface area (Å²) in [6.07, 6.45) is -0.337. The number of benzene rings is 2. The van der Waals surface area contributed by atoms with Gasteiger partial charge in [0.25, 0.3) is 5.91 Å². The fourth-order valence-electron chi connectivity index (χ4n) is 5.63. The number of nitrogens with zero attached hydrogens (tertiary/aromatic N) is 3. The highest BCUT2D eigenvalue weighted by Gasteiger charge is 2.40. The number of nitrogens with one attached hydrogen (secondary N) is 1. The van der Waals surface area contributed by atoms with Crippen molar-refractivity contribution in [2.75, 3.05) is 13.1 Å². The number of carbonyl (C=O) groups is 4. The van der Waals surface area contributed by atoms with Crippen molar-refractivity contribution in [2.45, 2.75) is 64.5 Å². The Bertz CT molecular complexity index is 1250. The predicted octanol–water partition coefficient (Wildman–Crippen LogP) is 2.60. The van der Waals surface area contributed by atoms with E-state index in [1.54, 1.807) is 12.1 Å². The van der Waals surface area contributed by atoms with Gasteiger partial charge in [0, 0.05) is 49.3 Å². The molecule has 3 heterocycles. The Kier molecular flexibility index (Phi) is 7.07. The molecule has 38 heavy (non-hydrogen) atoms. The Morgan fingerprint density at radius 1 is 1.03 bits per heavy atom. The van der Waals surface area contributed by atoms with Crippen LogP contribution in [0.5, 0.6) is 5.75 Å². The van der Waals surface area contributed by atoms with Gasteiger partial charge in [-0.25, -0.2) is 4.79 Å². The molecule has 2 fully saturated rings. The van der Waals surface area contributed by atoms with Crippen LogP contribution in [0.15, 0.2) is 42.5 Å². The lowest BCUT2D eigenvalue weighted by atomic mass is 10.0. The molecule has 3 atom stereocenters. The molecule has 3 unspecified atom stereocenters. The summed E-state index contributed by atoms with van der Waals surface area (Å²) in [5.41, 5.74) is 3.40. The number of ether oxygens (including phenoxy) is 1. The highest BCUT2D eigenvalue weighted by Crippen LogP contribution is 2.34. The number of hydrogen-bond donors (Lipinski definition) is 2. The number of carboxylic acid groups (broad SMARTS) is 1. The molecule has 3 aliphatic rings. The van der Waals surface area contributed by atoms with E-state index in [0.29, 0.717) is 37.4 Å². The molecule has 2 saturated heterocycles. The normalized spacial score (nSPS) is 23.8. The third-order valence-corrected chi connectivity index (χ3v) is 7.69. The maximum atomic E-state index is 13.0. The van der Waals surface area contributed by atoms with Crippen LogP contribution >= 0.6 is 0 Å². The Morgan fingerprint density at radius 3 is 2.37 bits per heavy atom. The van der Waals surface area contributed by atoms with E-state index in [9.17, 15) is 24.3 Å². The third kappa shape index (κ3) is 5.08. The van der Waals surface area contributed by atoms with E-state index in [2.05, 4.69) is 36.2 Å². The number of carbonyl (C=O) groups excluding carboxylic acids is 3. The molecular formula is C28H32N4O6. The highest BCUT2D eigenvalue weighted by molar-refractivity contribution is 6.05. The first-order chi connectivity index (χ1) is 18.2. The van der Waals surface area contributed by atoms with Gasteiger partial charge in [-0.15, -0.1) is 0 Å². The first-order valence-corrected chi connectivity index (χ1v) is 12.9. The van der Waals surface area contributed by atoms with E-state index in [4.69, 9.17) is 4.74 Å². The van der Waals surface area contributed by atoms with Gasteiger partial charge in [0.05, 0.1) is 6.54 Å². The van der Waals surface area contributed by atoms with Gasteiger partial charge >= 0.3 is 6.09 Å². The summed E-state index contributed by atoms with van der Waals surface area (Å²) in [6, 6.07) is 13.1. The number of piperidine rings is 1. The van der Waals surface area contributed by atoms with Crippen LogP contribution in [0.3, 0.4) is 0 Å². The van der Waals surface area contributed by atoms with E-state index in [1.807, 2.05) is 18.2 Å². The Morgan fingerprint density at radius 2 is 1.71 bits per heavy atom. The van der Waals surface area contributed by atoms with Crippen LogP contribution in [-0.2, 0) is 29.3 Å². The summed E-state index contributed by atoms with van der Waals surface area (Å²) in [7, 11) is 0. The van der Waals surface area contributed by atoms with E-state index in [0.717, 1.165) is 23.2 Å². The van der Waals surface area contributed by atoms with Gasteiger partial charge in [0.15, 0.2) is 0 Å². The lowest BCUT2D eigenvalue weighted by molar-refractivity contribution is -0.136. The zero-order valence-electron chi connectivity index (χ0n) is 21.6. The minimum absolute atomic E-state index is 0.125. The van der Waals surface area contributed by atoms with Gasteiger partial charge in [-0.2, -0.15) is 0 Å². The van der Waals surface area contributed by atoms with Crippen LogP contribution in [0.25, 0.3) is 0 Å². The van der Waals surface area contributed by atoms with Crippen LogP contribution in [0.1, 0.15) is 53.7 Å². The van der Waals surface area contributed by atoms with Crippen molar-refractivity contribution >= 4 is 23.8 Å². The second kappa shape index (κ2) is 10.4. The molecule has 0 aliphatic carbocycles. The van der Waals surface area contributed by atoms with Gasteiger partial charge in [-0.05, 0) is 43.5 Å². The number of amides is 4. The molecule has 0 spiro atoms. The van der Waals surface area contributed by atoms with Crippen molar-refractivity contribution < 1.29 is 29.0 Å². The fraction of sp³-hybridized carbons (Fsp3) is 0.429. The molecule has 200 valence electrons. The molecule has 10 nitrogen and oxygen atoms in total. The molecule has 4 amide bonds. The smallest absolute Gasteiger partial charge is 0.407 e. The molecule has 0 aromatic heterocycles. The molecule has 5 rings (SSSR count). The van der Waals surface area contributed by atoms with Gasteiger partial charge in [-0.1, -0.05) is 30.3 Å². The Labute approximate surface area is 221 Å². The summed E-state index contributed by atoms with van der Waals surface area (Å²) in [6.45, 7) is 6.43. The molecule has 2 aromatic carbocycles. The second-order valence-corrected chi connectivity index (χ2v) is 10.3. The molecule has 3 aliphatic heterocycles. The van der Waals surface area contributed by atoms with Crippen LogP contribution in [0.4, 0.5) is 4.79 Å². The predicted molar refractivity (Wildman–Crippen MR) is 137 cm³/mol. The summed E-state index contributed by atoms with van der Waals surface area (Å²) in [5, 5.41) is 11.6. The van der Waals surface area contributed by atoms with Crippen molar-refractivity contribution in [1.29, 1.82) is 0 Å². The standard InChI is InChI=1S/C28H32N4O6/c1-17-12-30(28(36)37)13-18(2)31(17)14-19-6-8-20(9-7-19)16-38-24-5-3-4-21-22(24)15-32(27(21)35)23-10-11-25(33)29-26(23)34/h3-9,17-18,23H,10-16H2,1-2H3,(H,36,37)(H,29,33,34). The average molecular weight is 521 g/mol. The van der Waals surface area contributed by atoms with Crippen molar-refractivity contribution in [1.82, 2.24) is 20.0 Å². The minimum Gasteiger partial charge on any atom is -0.489 e. The molecule has 0 radical (unpaired) electrons. The summed E-state index contributed by atoms with van der Waals surface area (Å²) in [5.74, 6) is -0.363. The van der Waals surface area contributed by atoms with Crippen LogP contribution < -0.4 is 10.1 Å². The molecule has 2 N–H and O–H groups in total. The monoisotopic (exact) mass is 520 g/mol. The number of fused-ring (bicyclic) bond motifs is 1. The molecule has 0 saturated carbocycles. The van der Waals surface area contributed by atoms with E-state index in [1.165, 1.54) is 9.80 Å². The minimum atomic E-state index is -0.871. The van der Waals surface area contributed by atoms with E-state index >= 15 is 0 Å². The van der Waals surface area contributed by atoms with Gasteiger partial charge < -0.3 is 19.6 Å². The first kappa shape index (κ1) is 25.7. The van der Waals surface area contributed by atoms with Crippen molar-refractivity contribution in [2.24, 2.45) is 0 Å². The van der Waals surface area contributed by atoms with E-state index < -0.39 is 18.0 Å². The van der Waals surface area contributed by atoms with Gasteiger partial charge in [-0.3, -0.25) is 24.6 Å². The van der Waals surface area contributed by atoms with Gasteiger partial charge in [0.2, 0.25) is 11.8 Å². The quantitative estimate of drug-likeness (QED) is 0.562. The SMILES string of the molecule is CC1CN(C(=O)O)CC(C)N1Cc1ccc(COc2cccc3c2CN(C2CCC(=O)NC2=O)C3=O)cc1. The maximum absolute atomic E-state index is 13.0. The second-order valence-electron chi connectivity index (χ2n) is 10.3. The number of hydrogen-bond acceptors (Lipinski definition) is 6. The topological polar surface area (TPSA) is 119 Å². The van der Waals surface area contributed by atoms with Gasteiger partial charge in [0.1, 0.15) is 18.4 Å². The van der Waals surface area contributed by atoms with E-state index in [-0.39, 0.29) is 36.9 Å².